The van der Waals surface area contributed by atoms with Crippen LogP contribution in [-0.4, -0.2) is 47.7 Å². The normalized spacial score (nSPS) is 19.3. The van der Waals surface area contributed by atoms with Crippen molar-refractivity contribution < 1.29 is 13.2 Å². The smallest absolute Gasteiger partial charge is 0.243 e. The zero-order chi connectivity index (χ0) is 17.2. The van der Waals surface area contributed by atoms with Crippen LogP contribution in [-0.2, 0) is 23.5 Å². The number of aromatic nitrogens is 3. The molecular formula is C16H22N4O3S. The van der Waals surface area contributed by atoms with Crippen molar-refractivity contribution >= 4 is 10.0 Å². The fourth-order valence-electron chi connectivity index (χ4n) is 3.07. The van der Waals surface area contributed by atoms with Crippen molar-refractivity contribution in [3.63, 3.8) is 0 Å². The molecule has 130 valence electrons. The van der Waals surface area contributed by atoms with Crippen molar-refractivity contribution in [3.05, 3.63) is 36.4 Å². The minimum absolute atomic E-state index is 0.252. The first kappa shape index (κ1) is 16.9. The number of hydrogen-bond acceptors (Lipinski definition) is 5. The van der Waals surface area contributed by atoms with Crippen LogP contribution in [0.2, 0.25) is 0 Å². The van der Waals surface area contributed by atoms with Gasteiger partial charge < -0.3 is 9.30 Å². The van der Waals surface area contributed by atoms with Gasteiger partial charge in [-0.3, -0.25) is 0 Å². The van der Waals surface area contributed by atoms with Gasteiger partial charge in [0.15, 0.2) is 0 Å². The van der Waals surface area contributed by atoms with Gasteiger partial charge in [0.2, 0.25) is 10.0 Å². The van der Waals surface area contributed by atoms with E-state index in [1.807, 2.05) is 11.6 Å². The molecule has 8 heteroatoms. The Morgan fingerprint density at radius 1 is 1.38 bits per heavy atom. The largest absolute Gasteiger partial charge is 0.497 e. The van der Waals surface area contributed by atoms with Crippen molar-refractivity contribution in [2.24, 2.45) is 13.0 Å². The van der Waals surface area contributed by atoms with Crippen molar-refractivity contribution in [1.29, 1.82) is 0 Å². The van der Waals surface area contributed by atoms with Crippen molar-refractivity contribution in [3.8, 4) is 5.75 Å². The molecule has 1 aliphatic heterocycles. The van der Waals surface area contributed by atoms with Crippen molar-refractivity contribution in [2.75, 3.05) is 20.2 Å². The molecule has 0 spiro atoms. The molecule has 1 aliphatic rings. The lowest BCUT2D eigenvalue weighted by Crippen LogP contribution is -2.40. The van der Waals surface area contributed by atoms with Gasteiger partial charge in [-0.15, -0.1) is 10.2 Å². The van der Waals surface area contributed by atoms with Crippen molar-refractivity contribution in [2.45, 2.75) is 24.2 Å². The van der Waals surface area contributed by atoms with E-state index >= 15 is 0 Å². The molecule has 0 amide bonds. The third kappa shape index (κ3) is 3.44. The number of rotatable bonds is 5. The molecular weight excluding hydrogens is 328 g/mol. The van der Waals surface area contributed by atoms with E-state index in [4.69, 9.17) is 4.74 Å². The average Bonchev–Trinajstić information content (AvgIpc) is 3.00. The summed E-state index contributed by atoms with van der Waals surface area (Å²) in [7, 11) is -0.0691. The topological polar surface area (TPSA) is 77.3 Å². The maximum absolute atomic E-state index is 12.9. The van der Waals surface area contributed by atoms with E-state index in [-0.39, 0.29) is 10.8 Å². The van der Waals surface area contributed by atoms with Gasteiger partial charge in [-0.2, -0.15) is 4.31 Å². The van der Waals surface area contributed by atoms with E-state index in [0.29, 0.717) is 18.8 Å². The summed E-state index contributed by atoms with van der Waals surface area (Å²) < 4.78 is 34.4. The Morgan fingerprint density at radius 2 is 2.21 bits per heavy atom. The first-order chi connectivity index (χ1) is 11.5. The van der Waals surface area contributed by atoms with Gasteiger partial charge >= 0.3 is 0 Å². The monoisotopic (exact) mass is 350 g/mol. The van der Waals surface area contributed by atoms with Gasteiger partial charge in [0.1, 0.15) is 17.9 Å². The fourth-order valence-corrected chi connectivity index (χ4v) is 4.66. The molecule has 0 bridgehead atoms. The molecule has 2 aromatic rings. The lowest BCUT2D eigenvalue weighted by molar-refractivity contribution is 0.261. The SMILES string of the molecule is COc1cccc(S(=O)(=O)N2CCCC(Cc3nncn3C)C2)c1. The van der Waals surface area contributed by atoms with Crippen LogP contribution in [0.1, 0.15) is 18.7 Å². The summed E-state index contributed by atoms with van der Waals surface area (Å²) >= 11 is 0. The number of sulfonamides is 1. The highest BCUT2D eigenvalue weighted by molar-refractivity contribution is 7.89. The van der Waals surface area contributed by atoms with E-state index in [9.17, 15) is 8.42 Å². The van der Waals surface area contributed by atoms with Gasteiger partial charge in [0.25, 0.3) is 0 Å². The van der Waals surface area contributed by atoms with Gasteiger partial charge in [-0.1, -0.05) is 6.07 Å². The quantitative estimate of drug-likeness (QED) is 0.816. The second kappa shape index (κ2) is 6.90. The second-order valence-corrected chi connectivity index (χ2v) is 8.05. The van der Waals surface area contributed by atoms with Crippen LogP contribution in [0, 0.1) is 5.92 Å². The van der Waals surface area contributed by atoms with E-state index < -0.39 is 10.0 Å². The molecule has 1 fully saturated rings. The molecule has 24 heavy (non-hydrogen) atoms. The molecule has 1 unspecified atom stereocenters. The Balaban J connectivity index is 1.76. The molecule has 2 heterocycles. The summed E-state index contributed by atoms with van der Waals surface area (Å²) in [5, 5.41) is 8.00. The summed E-state index contributed by atoms with van der Waals surface area (Å²) in [5.74, 6) is 1.69. The minimum atomic E-state index is -3.51. The highest BCUT2D eigenvalue weighted by Crippen LogP contribution is 2.27. The standard InChI is InChI=1S/C16H22N4O3S/c1-19-12-17-18-16(19)9-13-5-4-8-20(11-13)24(21,22)15-7-3-6-14(10-15)23-2/h3,6-7,10,12-13H,4-5,8-9,11H2,1-2H3. The van der Waals surface area contributed by atoms with Gasteiger partial charge in [-0.05, 0) is 30.9 Å². The molecule has 0 aliphatic carbocycles. The summed E-state index contributed by atoms with van der Waals surface area (Å²) in [5.41, 5.74) is 0. The molecule has 7 nitrogen and oxygen atoms in total. The predicted molar refractivity (Wildman–Crippen MR) is 89.2 cm³/mol. The van der Waals surface area contributed by atoms with Crippen LogP contribution in [0.3, 0.4) is 0 Å². The Kier molecular flexibility index (Phi) is 4.86. The van der Waals surface area contributed by atoms with Gasteiger partial charge in [0.05, 0.1) is 12.0 Å². The van der Waals surface area contributed by atoms with Crippen LogP contribution in [0.15, 0.2) is 35.5 Å². The number of methoxy groups -OCH3 is 1. The van der Waals surface area contributed by atoms with E-state index in [1.54, 1.807) is 34.9 Å². The van der Waals surface area contributed by atoms with Crippen LogP contribution in [0.5, 0.6) is 5.75 Å². The van der Waals surface area contributed by atoms with Crippen LogP contribution in [0.4, 0.5) is 0 Å². The van der Waals surface area contributed by atoms with Crippen LogP contribution >= 0.6 is 0 Å². The van der Waals surface area contributed by atoms with Crippen molar-refractivity contribution in [1.82, 2.24) is 19.1 Å². The molecule has 1 aromatic heterocycles. The summed E-state index contributed by atoms with van der Waals surface area (Å²) in [6.45, 7) is 1.06. The molecule has 3 rings (SSSR count). The molecule has 0 saturated carbocycles. The van der Waals surface area contributed by atoms with Crippen LogP contribution < -0.4 is 4.74 Å². The average molecular weight is 350 g/mol. The first-order valence-corrected chi connectivity index (χ1v) is 9.42. The number of nitrogens with zero attached hydrogens (tertiary/aromatic N) is 4. The van der Waals surface area contributed by atoms with Crippen LogP contribution in [0.25, 0.3) is 0 Å². The lowest BCUT2D eigenvalue weighted by atomic mass is 9.96. The molecule has 1 atom stereocenters. The molecule has 1 aromatic carbocycles. The minimum Gasteiger partial charge on any atom is -0.497 e. The van der Waals surface area contributed by atoms with E-state index in [0.717, 1.165) is 25.1 Å². The number of aryl methyl sites for hydroxylation is 1. The second-order valence-electron chi connectivity index (χ2n) is 6.11. The predicted octanol–water partition coefficient (Wildman–Crippen LogP) is 1.47. The summed E-state index contributed by atoms with van der Waals surface area (Å²) in [4.78, 5) is 0.279. The maximum Gasteiger partial charge on any atom is 0.243 e. The zero-order valence-corrected chi connectivity index (χ0v) is 14.7. The third-order valence-corrected chi connectivity index (χ3v) is 6.30. The first-order valence-electron chi connectivity index (χ1n) is 7.98. The summed E-state index contributed by atoms with van der Waals surface area (Å²) in [6.07, 6.45) is 4.26. The van der Waals surface area contributed by atoms with E-state index in [2.05, 4.69) is 10.2 Å². The van der Waals surface area contributed by atoms with Gasteiger partial charge in [-0.25, -0.2) is 8.42 Å². The molecule has 0 N–H and O–H groups in total. The Morgan fingerprint density at radius 3 is 2.92 bits per heavy atom. The lowest BCUT2D eigenvalue weighted by Gasteiger charge is -2.31. The highest BCUT2D eigenvalue weighted by Gasteiger charge is 2.31. The zero-order valence-electron chi connectivity index (χ0n) is 13.9. The number of hydrogen-bond donors (Lipinski definition) is 0. The van der Waals surface area contributed by atoms with E-state index in [1.165, 1.54) is 7.11 Å². The Hall–Kier alpha value is -1.93. The third-order valence-electron chi connectivity index (χ3n) is 4.44. The maximum atomic E-state index is 12.9. The summed E-state index contributed by atoms with van der Waals surface area (Å²) in [6, 6.07) is 6.63. The Bertz CT molecular complexity index is 803. The molecule has 1 saturated heterocycles. The molecule has 0 radical (unpaired) electrons. The Labute approximate surface area is 142 Å². The number of piperidine rings is 1. The highest BCUT2D eigenvalue weighted by atomic mass is 32.2. The number of ether oxygens (including phenoxy) is 1. The van der Waals surface area contributed by atoms with Gasteiger partial charge in [0, 0.05) is 32.6 Å². The fraction of sp³-hybridized carbons (Fsp3) is 0.500. The number of benzene rings is 1.